The first-order chi connectivity index (χ1) is 15.7. The second kappa shape index (κ2) is 9.50. The van der Waals surface area contributed by atoms with Crippen LogP contribution in [0.25, 0.3) is 21.1 Å². The van der Waals surface area contributed by atoms with Gasteiger partial charge in [-0.3, -0.25) is 9.59 Å². The molecule has 0 saturated heterocycles. The van der Waals surface area contributed by atoms with E-state index in [0.717, 1.165) is 42.4 Å². The van der Waals surface area contributed by atoms with Gasteiger partial charge in [0.1, 0.15) is 10.7 Å². The highest BCUT2D eigenvalue weighted by atomic mass is 32.2. The maximum Gasteiger partial charge on any atom is 0.259 e. The number of thioether (sulfide) groups is 1. The van der Waals surface area contributed by atoms with Gasteiger partial charge in [-0.1, -0.05) is 18.2 Å². The summed E-state index contributed by atoms with van der Waals surface area (Å²) in [4.78, 5) is 34.4. The number of aromatic nitrogens is 3. The third-order valence-corrected chi connectivity index (χ3v) is 8.07. The summed E-state index contributed by atoms with van der Waals surface area (Å²) >= 11 is 3.29. The van der Waals surface area contributed by atoms with Gasteiger partial charge >= 0.3 is 0 Å². The highest BCUT2D eigenvalue weighted by Crippen LogP contribution is 2.34. The molecule has 0 bridgehead atoms. The third kappa shape index (κ3) is 4.47. The van der Waals surface area contributed by atoms with E-state index in [1.54, 1.807) is 23.1 Å². The molecule has 5 rings (SSSR count). The molecule has 1 aromatic carbocycles. The Morgan fingerprint density at radius 3 is 3.09 bits per heavy atom. The number of aryl methyl sites for hydroxylation is 3. The fraction of sp³-hybridized carbons (Fsp3) is 0.375. The second-order valence-corrected chi connectivity index (χ2v) is 10.3. The lowest BCUT2D eigenvalue weighted by Gasteiger charge is -2.07. The number of hydrogen-bond donors (Lipinski definition) is 2. The molecule has 1 aliphatic rings. The number of nitrogens with one attached hydrogen (secondary N) is 2. The lowest BCUT2D eigenvalue weighted by Crippen LogP contribution is -2.25. The van der Waals surface area contributed by atoms with E-state index >= 15 is 0 Å². The Balaban J connectivity index is 1.03. The first kappa shape index (κ1) is 21.3. The van der Waals surface area contributed by atoms with E-state index in [1.165, 1.54) is 21.3 Å². The van der Waals surface area contributed by atoms with Crippen LogP contribution in [0.5, 0.6) is 0 Å². The van der Waals surface area contributed by atoms with Crippen LogP contribution < -0.4 is 10.9 Å². The Morgan fingerprint density at radius 1 is 1.25 bits per heavy atom. The van der Waals surface area contributed by atoms with E-state index in [0.29, 0.717) is 30.3 Å². The van der Waals surface area contributed by atoms with E-state index in [4.69, 9.17) is 0 Å². The number of amides is 1. The molecular formula is C24H26N4O2S2. The van der Waals surface area contributed by atoms with Gasteiger partial charge in [0.25, 0.3) is 5.56 Å². The molecule has 166 valence electrons. The number of rotatable bonds is 9. The number of carbonyl (C=O) groups excluding carboxylic acids is 1. The van der Waals surface area contributed by atoms with E-state index in [9.17, 15) is 9.59 Å². The average Bonchev–Trinajstić information content (AvgIpc) is 3.49. The van der Waals surface area contributed by atoms with Crippen LogP contribution in [0, 0.1) is 0 Å². The van der Waals surface area contributed by atoms with Crippen molar-refractivity contribution in [1.29, 1.82) is 0 Å². The molecule has 1 amide bonds. The zero-order valence-corrected chi connectivity index (χ0v) is 19.5. The van der Waals surface area contributed by atoms with Crippen LogP contribution in [0.2, 0.25) is 0 Å². The quantitative estimate of drug-likeness (QED) is 0.361. The normalized spacial score (nSPS) is 13.1. The summed E-state index contributed by atoms with van der Waals surface area (Å²) in [6.07, 6.45) is 6.66. The highest BCUT2D eigenvalue weighted by molar-refractivity contribution is 7.98. The van der Waals surface area contributed by atoms with Crippen LogP contribution in [0.4, 0.5) is 0 Å². The van der Waals surface area contributed by atoms with Crippen molar-refractivity contribution in [2.24, 2.45) is 0 Å². The summed E-state index contributed by atoms with van der Waals surface area (Å²) < 4.78 is 2.23. The number of H-pyrrole nitrogens is 1. The number of thiophene rings is 1. The number of benzene rings is 1. The van der Waals surface area contributed by atoms with Crippen molar-refractivity contribution in [2.75, 3.05) is 12.3 Å². The smallest absolute Gasteiger partial charge is 0.259 e. The maximum absolute atomic E-state index is 12.5. The van der Waals surface area contributed by atoms with Gasteiger partial charge in [-0.05, 0) is 48.8 Å². The summed E-state index contributed by atoms with van der Waals surface area (Å²) in [7, 11) is 0. The van der Waals surface area contributed by atoms with Crippen LogP contribution in [0.1, 0.15) is 35.5 Å². The van der Waals surface area contributed by atoms with Crippen molar-refractivity contribution in [3.05, 3.63) is 63.1 Å². The molecule has 2 N–H and O–H groups in total. The van der Waals surface area contributed by atoms with Gasteiger partial charge in [0.2, 0.25) is 5.91 Å². The molecule has 0 aliphatic heterocycles. The van der Waals surface area contributed by atoms with Crippen molar-refractivity contribution < 1.29 is 4.79 Å². The summed E-state index contributed by atoms with van der Waals surface area (Å²) in [5.74, 6) is 2.09. The predicted molar refractivity (Wildman–Crippen MR) is 133 cm³/mol. The van der Waals surface area contributed by atoms with Gasteiger partial charge in [-0.25, -0.2) is 4.98 Å². The lowest BCUT2D eigenvalue weighted by atomic mass is 10.2. The molecule has 3 aromatic heterocycles. The molecule has 3 heterocycles. The van der Waals surface area contributed by atoms with Crippen molar-refractivity contribution in [2.45, 2.75) is 44.4 Å². The number of aromatic amines is 1. The zero-order chi connectivity index (χ0) is 21.9. The van der Waals surface area contributed by atoms with Crippen molar-refractivity contribution in [3.63, 3.8) is 0 Å². The molecule has 0 atom stereocenters. The first-order valence-corrected chi connectivity index (χ1v) is 13.1. The third-order valence-electron chi connectivity index (χ3n) is 5.91. The minimum atomic E-state index is -0.0155. The molecule has 8 heteroatoms. The van der Waals surface area contributed by atoms with Gasteiger partial charge in [-0.15, -0.1) is 11.3 Å². The SMILES string of the molecule is O=C(CCSCc1nc2sc3c(c2c(=O)[nH]1)CCC3)NCCCn1ccc2ccccc21. The Bertz CT molecular complexity index is 1320. The number of hydrogen-bond acceptors (Lipinski definition) is 5. The maximum atomic E-state index is 12.5. The lowest BCUT2D eigenvalue weighted by molar-refractivity contribution is -0.120. The molecule has 0 fully saturated rings. The Morgan fingerprint density at radius 2 is 2.16 bits per heavy atom. The van der Waals surface area contributed by atoms with E-state index in [1.807, 2.05) is 12.1 Å². The minimum absolute atomic E-state index is 0.0155. The van der Waals surface area contributed by atoms with Crippen molar-refractivity contribution in [3.8, 4) is 0 Å². The Labute approximate surface area is 194 Å². The van der Waals surface area contributed by atoms with E-state index in [2.05, 4.69) is 44.2 Å². The number of carbonyl (C=O) groups is 1. The molecule has 0 saturated carbocycles. The number of nitrogens with zero attached hydrogens (tertiary/aromatic N) is 2. The summed E-state index contributed by atoms with van der Waals surface area (Å²) in [6.45, 7) is 1.56. The zero-order valence-electron chi connectivity index (χ0n) is 17.9. The van der Waals surface area contributed by atoms with Gasteiger partial charge in [-0.2, -0.15) is 11.8 Å². The molecule has 0 spiro atoms. The van der Waals surface area contributed by atoms with Crippen LogP contribution in [-0.2, 0) is 29.9 Å². The summed E-state index contributed by atoms with van der Waals surface area (Å²) in [5, 5.41) is 5.05. The second-order valence-electron chi connectivity index (χ2n) is 8.12. The van der Waals surface area contributed by atoms with E-state index < -0.39 is 0 Å². The minimum Gasteiger partial charge on any atom is -0.356 e. The van der Waals surface area contributed by atoms with Crippen molar-refractivity contribution in [1.82, 2.24) is 19.9 Å². The van der Waals surface area contributed by atoms with Crippen molar-refractivity contribution >= 4 is 50.1 Å². The predicted octanol–water partition coefficient (Wildman–Crippen LogP) is 4.26. The van der Waals surface area contributed by atoms with Gasteiger partial charge < -0.3 is 14.9 Å². The molecule has 32 heavy (non-hydrogen) atoms. The molecular weight excluding hydrogens is 440 g/mol. The molecule has 4 aromatic rings. The topological polar surface area (TPSA) is 79.8 Å². The Kier molecular flexibility index (Phi) is 6.32. The molecule has 0 radical (unpaired) electrons. The van der Waals surface area contributed by atoms with Crippen LogP contribution in [0.15, 0.2) is 41.3 Å². The number of para-hydroxylation sites is 1. The average molecular weight is 467 g/mol. The van der Waals surface area contributed by atoms with Crippen LogP contribution in [-0.4, -0.2) is 32.7 Å². The molecule has 6 nitrogen and oxygen atoms in total. The highest BCUT2D eigenvalue weighted by Gasteiger charge is 2.21. The summed E-state index contributed by atoms with van der Waals surface area (Å²) in [6, 6.07) is 10.5. The fourth-order valence-electron chi connectivity index (χ4n) is 4.35. The largest absolute Gasteiger partial charge is 0.356 e. The van der Waals surface area contributed by atoms with E-state index in [-0.39, 0.29) is 11.5 Å². The van der Waals surface area contributed by atoms with Crippen LogP contribution in [0.3, 0.4) is 0 Å². The standard InChI is InChI=1S/C24H26N4O2S2/c29-21(25-11-4-12-28-13-9-16-5-1-2-7-18(16)28)10-14-31-15-20-26-23(30)22-17-6-3-8-19(17)32-24(22)27-20/h1-2,5,7,9,13H,3-4,6,8,10-12,14-15H2,(H,25,29)(H,26,27,30). The number of fused-ring (bicyclic) bond motifs is 4. The van der Waals surface area contributed by atoms with Gasteiger partial charge in [0, 0.05) is 41.9 Å². The monoisotopic (exact) mass is 466 g/mol. The Hall–Kier alpha value is -2.58. The first-order valence-electron chi connectivity index (χ1n) is 11.1. The summed E-state index contributed by atoms with van der Waals surface area (Å²) in [5.41, 5.74) is 2.42. The van der Waals surface area contributed by atoms with Gasteiger partial charge in [0.15, 0.2) is 0 Å². The molecule has 0 unspecified atom stereocenters. The molecule has 1 aliphatic carbocycles. The van der Waals surface area contributed by atoms with Gasteiger partial charge in [0.05, 0.1) is 11.1 Å². The fourth-order valence-corrected chi connectivity index (χ4v) is 6.44. The van der Waals surface area contributed by atoms with Crippen LogP contribution >= 0.6 is 23.1 Å².